The first-order valence-corrected chi connectivity index (χ1v) is 8.58. The van der Waals surface area contributed by atoms with E-state index in [9.17, 15) is 9.59 Å². The lowest BCUT2D eigenvalue weighted by atomic mass is 10.1. The molecule has 1 N–H and O–H groups in total. The topological polar surface area (TPSA) is 55.4 Å². The van der Waals surface area contributed by atoms with Crippen molar-refractivity contribution in [1.29, 1.82) is 0 Å². The molecule has 0 saturated carbocycles. The quantitative estimate of drug-likeness (QED) is 0.783. The van der Waals surface area contributed by atoms with Crippen LogP contribution in [0, 0.1) is 6.92 Å². The molecule has 0 radical (unpaired) electrons. The zero-order chi connectivity index (χ0) is 18.2. The van der Waals surface area contributed by atoms with E-state index in [1.54, 1.807) is 19.1 Å². The highest BCUT2D eigenvalue weighted by molar-refractivity contribution is 5.93. The molecule has 0 fully saturated rings. The van der Waals surface area contributed by atoms with Crippen molar-refractivity contribution in [2.24, 2.45) is 0 Å². The van der Waals surface area contributed by atoms with Crippen LogP contribution in [0.2, 0.25) is 0 Å². The summed E-state index contributed by atoms with van der Waals surface area (Å²) in [5.74, 6) is -0.750. The first-order chi connectivity index (χ1) is 12.0. The van der Waals surface area contributed by atoms with Gasteiger partial charge < -0.3 is 10.1 Å². The highest BCUT2D eigenvalue weighted by atomic mass is 16.5. The summed E-state index contributed by atoms with van der Waals surface area (Å²) in [5.41, 5.74) is 2.55. The van der Waals surface area contributed by atoms with Crippen LogP contribution in [0.5, 0.6) is 0 Å². The van der Waals surface area contributed by atoms with Crippen molar-refractivity contribution >= 4 is 11.9 Å². The number of benzene rings is 2. The Morgan fingerprint density at radius 3 is 2.32 bits per heavy atom. The van der Waals surface area contributed by atoms with E-state index >= 15 is 0 Å². The Bertz CT molecular complexity index is 712. The maximum absolute atomic E-state index is 12.2. The Morgan fingerprint density at radius 2 is 1.64 bits per heavy atom. The summed E-state index contributed by atoms with van der Waals surface area (Å²) in [4.78, 5) is 24.4. The largest absolute Gasteiger partial charge is 0.449 e. The summed E-state index contributed by atoms with van der Waals surface area (Å²) in [5, 5.41) is 2.91. The van der Waals surface area contributed by atoms with E-state index < -0.39 is 12.1 Å². The molecule has 0 spiro atoms. The van der Waals surface area contributed by atoms with Gasteiger partial charge in [0.15, 0.2) is 6.10 Å². The first kappa shape index (κ1) is 18.7. The van der Waals surface area contributed by atoms with Crippen LogP contribution in [-0.4, -0.2) is 24.0 Å². The maximum Gasteiger partial charge on any atom is 0.339 e. The van der Waals surface area contributed by atoms with Crippen LogP contribution in [0.15, 0.2) is 54.6 Å². The van der Waals surface area contributed by atoms with Gasteiger partial charge >= 0.3 is 5.97 Å². The molecular weight excluding hydrogens is 314 g/mol. The van der Waals surface area contributed by atoms with Gasteiger partial charge in [-0.3, -0.25) is 4.79 Å². The smallest absolute Gasteiger partial charge is 0.339 e. The SMILES string of the molecule is Cc1ccccc1C(=O)O[C@@H](C)C(=O)N[C@@H](C)CCc1ccccc1. The van der Waals surface area contributed by atoms with Gasteiger partial charge in [-0.25, -0.2) is 4.79 Å². The first-order valence-electron chi connectivity index (χ1n) is 8.58. The Kier molecular flexibility index (Phi) is 6.75. The van der Waals surface area contributed by atoms with E-state index in [0.29, 0.717) is 5.56 Å². The van der Waals surface area contributed by atoms with Gasteiger partial charge in [0.25, 0.3) is 5.91 Å². The second kappa shape index (κ2) is 9.02. The van der Waals surface area contributed by atoms with Crippen LogP contribution in [0.4, 0.5) is 0 Å². The molecule has 25 heavy (non-hydrogen) atoms. The van der Waals surface area contributed by atoms with E-state index in [-0.39, 0.29) is 11.9 Å². The third kappa shape index (κ3) is 5.75. The van der Waals surface area contributed by atoms with Crippen LogP contribution in [0.25, 0.3) is 0 Å². The molecular formula is C21H25NO3. The molecule has 0 aliphatic heterocycles. The van der Waals surface area contributed by atoms with Crippen molar-refractivity contribution in [3.05, 3.63) is 71.3 Å². The molecule has 4 heteroatoms. The van der Waals surface area contributed by atoms with Gasteiger partial charge in [-0.2, -0.15) is 0 Å². The molecule has 2 aromatic carbocycles. The number of hydrogen-bond acceptors (Lipinski definition) is 3. The summed E-state index contributed by atoms with van der Waals surface area (Å²) in [6.07, 6.45) is 0.889. The molecule has 0 aliphatic rings. The Hall–Kier alpha value is -2.62. The van der Waals surface area contributed by atoms with Crippen molar-refractivity contribution in [1.82, 2.24) is 5.32 Å². The van der Waals surface area contributed by atoms with E-state index in [1.165, 1.54) is 5.56 Å². The zero-order valence-corrected chi connectivity index (χ0v) is 15.0. The fourth-order valence-corrected chi connectivity index (χ4v) is 2.54. The van der Waals surface area contributed by atoms with Crippen LogP contribution >= 0.6 is 0 Å². The number of ether oxygens (including phenoxy) is 1. The average Bonchev–Trinajstić information content (AvgIpc) is 2.61. The van der Waals surface area contributed by atoms with Crippen LogP contribution < -0.4 is 5.32 Å². The molecule has 0 unspecified atom stereocenters. The Balaban J connectivity index is 1.81. The predicted octanol–water partition coefficient (Wildman–Crippen LogP) is 3.68. The van der Waals surface area contributed by atoms with E-state index in [2.05, 4.69) is 17.4 Å². The third-order valence-corrected chi connectivity index (χ3v) is 4.12. The van der Waals surface area contributed by atoms with Gasteiger partial charge in [0.1, 0.15) is 0 Å². The van der Waals surface area contributed by atoms with Crippen molar-refractivity contribution in [3.63, 3.8) is 0 Å². The highest BCUT2D eigenvalue weighted by Gasteiger charge is 2.21. The van der Waals surface area contributed by atoms with Gasteiger partial charge in [-0.15, -0.1) is 0 Å². The summed E-state index contributed by atoms with van der Waals surface area (Å²) in [6.45, 7) is 5.39. The Labute approximate surface area is 149 Å². The lowest BCUT2D eigenvalue weighted by molar-refractivity contribution is -0.129. The number of carbonyl (C=O) groups excluding carboxylic acids is 2. The molecule has 0 bridgehead atoms. The zero-order valence-electron chi connectivity index (χ0n) is 15.0. The van der Waals surface area contributed by atoms with Gasteiger partial charge in [0, 0.05) is 6.04 Å². The number of amides is 1. The van der Waals surface area contributed by atoms with Crippen LogP contribution in [0.1, 0.15) is 41.8 Å². The molecule has 0 aromatic heterocycles. The fourth-order valence-electron chi connectivity index (χ4n) is 2.54. The van der Waals surface area contributed by atoms with E-state index in [1.807, 2.05) is 44.2 Å². The highest BCUT2D eigenvalue weighted by Crippen LogP contribution is 2.10. The van der Waals surface area contributed by atoms with Crippen molar-refractivity contribution in [2.45, 2.75) is 45.8 Å². The Morgan fingerprint density at radius 1 is 1.00 bits per heavy atom. The summed E-state index contributed by atoms with van der Waals surface area (Å²) in [7, 11) is 0. The van der Waals surface area contributed by atoms with Crippen LogP contribution in [-0.2, 0) is 16.0 Å². The van der Waals surface area contributed by atoms with Crippen molar-refractivity contribution in [3.8, 4) is 0 Å². The van der Waals surface area contributed by atoms with E-state index in [4.69, 9.17) is 4.74 Å². The molecule has 132 valence electrons. The number of esters is 1. The lowest BCUT2D eigenvalue weighted by Crippen LogP contribution is -2.41. The number of aryl methyl sites for hydroxylation is 2. The van der Waals surface area contributed by atoms with Gasteiger partial charge in [-0.05, 0) is 50.8 Å². The molecule has 4 nitrogen and oxygen atoms in total. The molecule has 0 saturated heterocycles. The minimum Gasteiger partial charge on any atom is -0.449 e. The number of carbonyl (C=O) groups is 2. The summed E-state index contributed by atoms with van der Waals surface area (Å²) in [6, 6.07) is 17.3. The van der Waals surface area contributed by atoms with Gasteiger partial charge in [0.05, 0.1) is 5.56 Å². The molecule has 2 aromatic rings. The predicted molar refractivity (Wildman–Crippen MR) is 98.4 cm³/mol. The fraction of sp³-hybridized carbons (Fsp3) is 0.333. The number of rotatable bonds is 7. The van der Waals surface area contributed by atoms with Gasteiger partial charge in [-0.1, -0.05) is 48.5 Å². The minimum absolute atomic E-state index is 0.00678. The normalized spacial score (nSPS) is 12.9. The second-order valence-electron chi connectivity index (χ2n) is 6.30. The van der Waals surface area contributed by atoms with Gasteiger partial charge in [0.2, 0.25) is 0 Å². The lowest BCUT2D eigenvalue weighted by Gasteiger charge is -2.18. The maximum atomic E-state index is 12.2. The molecule has 2 rings (SSSR count). The standard InChI is InChI=1S/C21H25NO3/c1-15-9-7-8-12-19(15)21(24)25-17(3)20(23)22-16(2)13-14-18-10-5-4-6-11-18/h4-12,16-17H,13-14H2,1-3H3,(H,22,23)/t16-,17-/m0/s1. The minimum atomic E-state index is -0.828. The second-order valence-corrected chi connectivity index (χ2v) is 6.30. The van der Waals surface area contributed by atoms with E-state index in [0.717, 1.165) is 18.4 Å². The molecule has 0 heterocycles. The van der Waals surface area contributed by atoms with Crippen LogP contribution in [0.3, 0.4) is 0 Å². The summed E-state index contributed by atoms with van der Waals surface area (Å²) >= 11 is 0. The monoisotopic (exact) mass is 339 g/mol. The number of nitrogens with one attached hydrogen (secondary N) is 1. The third-order valence-electron chi connectivity index (χ3n) is 4.12. The number of hydrogen-bond donors (Lipinski definition) is 1. The molecule has 1 amide bonds. The van der Waals surface area contributed by atoms with Crippen molar-refractivity contribution in [2.75, 3.05) is 0 Å². The molecule has 0 aliphatic carbocycles. The van der Waals surface area contributed by atoms with Crippen molar-refractivity contribution < 1.29 is 14.3 Å². The molecule has 2 atom stereocenters. The average molecular weight is 339 g/mol. The summed E-state index contributed by atoms with van der Waals surface area (Å²) < 4.78 is 5.29.